The molecule has 0 amide bonds. The number of halogens is 1. The van der Waals surface area contributed by atoms with Gasteiger partial charge in [0.15, 0.2) is 0 Å². The summed E-state index contributed by atoms with van der Waals surface area (Å²) in [7, 11) is 0. The van der Waals surface area contributed by atoms with Crippen molar-refractivity contribution < 1.29 is 18.7 Å². The van der Waals surface area contributed by atoms with Crippen molar-refractivity contribution >= 4 is 5.97 Å². The lowest BCUT2D eigenvalue weighted by molar-refractivity contribution is -0.148. The molecule has 0 fully saturated rings. The zero-order chi connectivity index (χ0) is 7.82. The Kier molecular flexibility index (Phi) is 6.06. The molecule has 0 bridgehead atoms. The van der Waals surface area contributed by atoms with E-state index in [9.17, 15) is 9.18 Å². The lowest BCUT2D eigenvalue weighted by Crippen LogP contribution is -2.13. The highest BCUT2D eigenvalue weighted by Crippen LogP contribution is 1.81. The van der Waals surface area contributed by atoms with E-state index < -0.39 is 12.6 Å². The van der Waals surface area contributed by atoms with Crippen LogP contribution in [-0.4, -0.2) is 32.5 Å². The molecule has 0 saturated heterocycles. The first kappa shape index (κ1) is 9.36. The van der Waals surface area contributed by atoms with E-state index in [1.165, 1.54) is 0 Å². The van der Waals surface area contributed by atoms with E-state index in [-0.39, 0.29) is 13.2 Å². The monoisotopic (exact) mass is 150 g/mol. The van der Waals surface area contributed by atoms with Gasteiger partial charge in [-0.3, -0.25) is 0 Å². The van der Waals surface area contributed by atoms with E-state index in [2.05, 4.69) is 9.47 Å². The molecule has 0 aliphatic rings. The summed E-state index contributed by atoms with van der Waals surface area (Å²) in [5.41, 5.74) is 0. The number of hydrogen-bond acceptors (Lipinski definition) is 3. The number of ether oxygens (including phenoxy) is 2. The van der Waals surface area contributed by atoms with Gasteiger partial charge in [0.1, 0.15) is 13.3 Å². The molecular formula is C6H11FO3. The molecule has 0 heterocycles. The molecule has 0 saturated carbocycles. The topological polar surface area (TPSA) is 35.5 Å². The quantitative estimate of drug-likeness (QED) is 0.423. The molecule has 0 aliphatic carbocycles. The van der Waals surface area contributed by atoms with Crippen LogP contribution in [0.5, 0.6) is 0 Å². The lowest BCUT2D eigenvalue weighted by atomic mass is 10.7. The number of rotatable bonds is 5. The van der Waals surface area contributed by atoms with Gasteiger partial charge in [-0.25, -0.2) is 9.18 Å². The molecule has 0 aromatic heterocycles. The summed E-state index contributed by atoms with van der Waals surface area (Å²) in [6.45, 7) is 1.26. The number of alkyl halides is 1. The van der Waals surface area contributed by atoms with Crippen molar-refractivity contribution in [3.63, 3.8) is 0 Å². The summed E-state index contributed by atoms with van der Waals surface area (Å²) in [5, 5.41) is 0. The molecule has 0 spiro atoms. The van der Waals surface area contributed by atoms with Crippen LogP contribution in [0.2, 0.25) is 0 Å². The Balaban J connectivity index is 3.05. The van der Waals surface area contributed by atoms with E-state index in [4.69, 9.17) is 0 Å². The lowest BCUT2D eigenvalue weighted by Gasteiger charge is -2.00. The molecule has 0 N–H and O–H groups in total. The molecule has 0 aromatic carbocycles. The zero-order valence-electron chi connectivity index (χ0n) is 5.93. The molecule has 3 nitrogen and oxygen atoms in total. The molecule has 0 aliphatic heterocycles. The van der Waals surface area contributed by atoms with Gasteiger partial charge in [-0.05, 0) is 6.92 Å². The normalized spacial score (nSPS) is 9.40. The van der Waals surface area contributed by atoms with Gasteiger partial charge in [0, 0.05) is 0 Å². The molecule has 10 heavy (non-hydrogen) atoms. The van der Waals surface area contributed by atoms with Gasteiger partial charge in [0.2, 0.25) is 0 Å². The van der Waals surface area contributed by atoms with E-state index in [1.807, 2.05) is 0 Å². The summed E-state index contributed by atoms with van der Waals surface area (Å²) in [6, 6.07) is 0. The van der Waals surface area contributed by atoms with E-state index >= 15 is 0 Å². The molecule has 0 aromatic rings. The second-order valence-corrected chi connectivity index (χ2v) is 1.55. The van der Waals surface area contributed by atoms with E-state index in [0.717, 1.165) is 0 Å². The van der Waals surface area contributed by atoms with Crippen molar-refractivity contribution in [2.75, 3.05) is 26.5 Å². The highest BCUT2D eigenvalue weighted by molar-refractivity contribution is 5.70. The first-order chi connectivity index (χ1) is 4.81. The summed E-state index contributed by atoms with van der Waals surface area (Å²) in [6.07, 6.45) is 0. The zero-order valence-corrected chi connectivity index (χ0v) is 5.93. The standard InChI is InChI=1S/C6H11FO3/c1-2-10-6(8)5-9-4-3-7/h2-5H2,1H3. The molecule has 0 atom stereocenters. The molecule has 0 rings (SSSR count). The third kappa shape index (κ3) is 5.50. The highest BCUT2D eigenvalue weighted by atomic mass is 19.1. The number of hydrogen-bond donors (Lipinski definition) is 0. The van der Waals surface area contributed by atoms with Crippen LogP contribution in [0.25, 0.3) is 0 Å². The fourth-order valence-corrected chi connectivity index (χ4v) is 0.413. The third-order valence-corrected chi connectivity index (χ3v) is 0.747. The minimum atomic E-state index is -0.570. The van der Waals surface area contributed by atoms with Crippen molar-refractivity contribution in [2.45, 2.75) is 6.92 Å². The minimum Gasteiger partial charge on any atom is -0.464 e. The van der Waals surface area contributed by atoms with Gasteiger partial charge in [-0.15, -0.1) is 0 Å². The average molecular weight is 150 g/mol. The van der Waals surface area contributed by atoms with Crippen LogP contribution in [-0.2, 0) is 14.3 Å². The summed E-state index contributed by atoms with van der Waals surface area (Å²) < 4.78 is 20.4. The van der Waals surface area contributed by atoms with Gasteiger partial charge < -0.3 is 9.47 Å². The number of esters is 1. The van der Waals surface area contributed by atoms with Crippen LogP contribution in [0.15, 0.2) is 0 Å². The second kappa shape index (κ2) is 6.48. The Hall–Kier alpha value is -0.640. The molecular weight excluding hydrogens is 139 g/mol. The van der Waals surface area contributed by atoms with Crippen LogP contribution in [0.4, 0.5) is 4.39 Å². The van der Waals surface area contributed by atoms with Gasteiger partial charge in [-0.2, -0.15) is 0 Å². The summed E-state index contributed by atoms with van der Waals surface area (Å²) >= 11 is 0. The van der Waals surface area contributed by atoms with Crippen LogP contribution < -0.4 is 0 Å². The van der Waals surface area contributed by atoms with E-state index in [0.29, 0.717) is 6.61 Å². The molecule has 60 valence electrons. The van der Waals surface area contributed by atoms with Gasteiger partial charge in [-0.1, -0.05) is 0 Å². The Bertz CT molecular complexity index is 95.0. The SMILES string of the molecule is CCOC(=O)COCCF. The third-order valence-electron chi connectivity index (χ3n) is 0.747. The first-order valence-electron chi connectivity index (χ1n) is 3.10. The van der Waals surface area contributed by atoms with Crippen LogP contribution in [0.3, 0.4) is 0 Å². The van der Waals surface area contributed by atoms with Gasteiger partial charge in [0.05, 0.1) is 13.2 Å². The van der Waals surface area contributed by atoms with Crippen LogP contribution in [0, 0.1) is 0 Å². The largest absolute Gasteiger partial charge is 0.464 e. The molecule has 0 radical (unpaired) electrons. The Morgan fingerprint density at radius 1 is 1.60 bits per heavy atom. The van der Waals surface area contributed by atoms with Gasteiger partial charge in [0.25, 0.3) is 0 Å². The smallest absolute Gasteiger partial charge is 0.332 e. The van der Waals surface area contributed by atoms with Crippen LogP contribution in [0.1, 0.15) is 6.92 Å². The first-order valence-corrected chi connectivity index (χ1v) is 3.10. The maximum Gasteiger partial charge on any atom is 0.332 e. The van der Waals surface area contributed by atoms with Crippen molar-refractivity contribution in [3.8, 4) is 0 Å². The maximum absolute atomic E-state index is 11.4. The van der Waals surface area contributed by atoms with Crippen molar-refractivity contribution in [1.29, 1.82) is 0 Å². The molecule has 4 heteroatoms. The fourth-order valence-electron chi connectivity index (χ4n) is 0.413. The van der Waals surface area contributed by atoms with E-state index in [1.54, 1.807) is 6.92 Å². The summed E-state index contributed by atoms with van der Waals surface area (Å²) in [5.74, 6) is -0.448. The summed E-state index contributed by atoms with van der Waals surface area (Å²) in [4.78, 5) is 10.4. The van der Waals surface area contributed by atoms with Crippen molar-refractivity contribution in [3.05, 3.63) is 0 Å². The molecule has 0 unspecified atom stereocenters. The second-order valence-electron chi connectivity index (χ2n) is 1.55. The van der Waals surface area contributed by atoms with Crippen LogP contribution >= 0.6 is 0 Å². The minimum absolute atomic E-state index is 0.0428. The van der Waals surface area contributed by atoms with Gasteiger partial charge >= 0.3 is 5.97 Å². The predicted octanol–water partition coefficient (Wildman–Crippen LogP) is 0.536. The Labute approximate surface area is 59.1 Å². The number of carbonyl (C=O) groups is 1. The average Bonchev–Trinajstić information content (AvgIpc) is 1.89. The highest BCUT2D eigenvalue weighted by Gasteiger charge is 1.99. The van der Waals surface area contributed by atoms with Crippen molar-refractivity contribution in [2.24, 2.45) is 0 Å². The Morgan fingerprint density at radius 3 is 2.80 bits per heavy atom. The maximum atomic E-state index is 11.4. The fraction of sp³-hybridized carbons (Fsp3) is 0.833. The Morgan fingerprint density at radius 2 is 2.30 bits per heavy atom. The predicted molar refractivity (Wildman–Crippen MR) is 33.4 cm³/mol. The number of carbonyl (C=O) groups excluding carboxylic acids is 1. The van der Waals surface area contributed by atoms with Crippen molar-refractivity contribution in [1.82, 2.24) is 0 Å².